The van der Waals surface area contributed by atoms with Gasteiger partial charge in [-0.25, -0.2) is 0 Å². The molecule has 7 nitrogen and oxygen atoms in total. The molecule has 2 aromatic rings. The first kappa shape index (κ1) is 21.7. The van der Waals surface area contributed by atoms with Gasteiger partial charge in [0.05, 0.1) is 24.3 Å². The maximum Gasteiger partial charge on any atom is 0.255 e. The van der Waals surface area contributed by atoms with Crippen LogP contribution in [-0.4, -0.2) is 39.2 Å². The summed E-state index contributed by atoms with van der Waals surface area (Å²) in [6, 6.07) is 8.32. The molecule has 9 heteroatoms. The van der Waals surface area contributed by atoms with Crippen molar-refractivity contribution in [3.05, 3.63) is 51.5 Å². The van der Waals surface area contributed by atoms with E-state index in [9.17, 15) is 9.59 Å². The monoisotopic (exact) mass is 426 g/mol. The average molecular weight is 427 g/mol. The zero-order valence-corrected chi connectivity index (χ0v) is 16.9. The Labute approximate surface area is 172 Å². The third-order valence-corrected chi connectivity index (χ3v) is 4.65. The van der Waals surface area contributed by atoms with Crippen LogP contribution in [0.25, 0.3) is 0 Å². The molecule has 2 aromatic carbocycles. The minimum absolute atomic E-state index is 0.186. The summed E-state index contributed by atoms with van der Waals surface area (Å²) in [5.74, 6) is -0.319. The van der Waals surface area contributed by atoms with Gasteiger partial charge >= 0.3 is 0 Å². The van der Waals surface area contributed by atoms with Gasteiger partial charge in [-0.15, -0.1) is 0 Å². The van der Waals surface area contributed by atoms with Gasteiger partial charge in [-0.05, 0) is 30.2 Å². The Morgan fingerprint density at radius 2 is 1.75 bits per heavy atom. The molecule has 0 bridgehead atoms. The van der Waals surface area contributed by atoms with Gasteiger partial charge in [0, 0.05) is 12.1 Å². The van der Waals surface area contributed by atoms with E-state index in [-0.39, 0.29) is 29.8 Å². The van der Waals surface area contributed by atoms with Crippen LogP contribution in [0.2, 0.25) is 10.0 Å². The molecule has 0 atom stereocenters. The SMILES string of the molecule is COc1cc(C(=O)NCCc2cccc(Cl)c2Cl)cc(OC)c1OCC(N)=O. The highest BCUT2D eigenvalue weighted by Crippen LogP contribution is 2.38. The summed E-state index contributed by atoms with van der Waals surface area (Å²) < 4.78 is 15.8. The number of hydrogen-bond donors (Lipinski definition) is 2. The van der Waals surface area contributed by atoms with Crippen LogP contribution >= 0.6 is 23.2 Å². The van der Waals surface area contributed by atoms with Crippen LogP contribution in [0, 0.1) is 0 Å². The van der Waals surface area contributed by atoms with Crippen molar-refractivity contribution in [1.82, 2.24) is 5.32 Å². The molecule has 0 saturated carbocycles. The van der Waals surface area contributed by atoms with Crippen molar-refractivity contribution in [3.63, 3.8) is 0 Å². The van der Waals surface area contributed by atoms with E-state index in [4.69, 9.17) is 43.1 Å². The zero-order valence-electron chi connectivity index (χ0n) is 15.4. The molecule has 0 aliphatic carbocycles. The molecule has 0 heterocycles. The molecule has 28 heavy (non-hydrogen) atoms. The van der Waals surface area contributed by atoms with E-state index in [1.807, 2.05) is 6.07 Å². The summed E-state index contributed by atoms with van der Waals surface area (Å²) in [4.78, 5) is 23.5. The molecule has 0 aromatic heterocycles. The van der Waals surface area contributed by atoms with Gasteiger partial charge in [0.25, 0.3) is 11.8 Å². The maximum absolute atomic E-state index is 12.5. The molecule has 0 aliphatic rings. The smallest absolute Gasteiger partial charge is 0.255 e. The first-order chi connectivity index (χ1) is 13.4. The number of amides is 2. The van der Waals surface area contributed by atoms with E-state index < -0.39 is 5.91 Å². The van der Waals surface area contributed by atoms with Crippen LogP contribution in [-0.2, 0) is 11.2 Å². The lowest BCUT2D eigenvalue weighted by Gasteiger charge is -2.15. The topological polar surface area (TPSA) is 99.9 Å². The fourth-order valence-electron chi connectivity index (χ4n) is 2.45. The van der Waals surface area contributed by atoms with Crippen molar-refractivity contribution in [3.8, 4) is 17.2 Å². The molecular formula is C19H20Cl2N2O5. The number of carbonyl (C=O) groups excluding carboxylic acids is 2. The van der Waals surface area contributed by atoms with E-state index in [0.29, 0.717) is 28.6 Å². The summed E-state index contributed by atoms with van der Waals surface area (Å²) in [5.41, 5.74) is 6.23. The normalized spacial score (nSPS) is 10.3. The Hall–Kier alpha value is -2.64. The number of halogens is 2. The van der Waals surface area contributed by atoms with Crippen molar-refractivity contribution in [2.45, 2.75) is 6.42 Å². The van der Waals surface area contributed by atoms with E-state index in [1.165, 1.54) is 26.4 Å². The Balaban J connectivity index is 2.11. The second-order valence-electron chi connectivity index (χ2n) is 5.68. The summed E-state index contributed by atoms with van der Waals surface area (Å²) in [6.45, 7) is 0.00209. The quantitative estimate of drug-likeness (QED) is 0.641. The van der Waals surface area contributed by atoms with Gasteiger partial charge in [0.15, 0.2) is 18.1 Å². The van der Waals surface area contributed by atoms with Crippen molar-refractivity contribution in [2.75, 3.05) is 27.4 Å². The molecule has 0 spiro atoms. The number of benzene rings is 2. The molecule has 0 unspecified atom stereocenters. The lowest BCUT2D eigenvalue weighted by Crippen LogP contribution is -2.26. The number of rotatable bonds is 9. The van der Waals surface area contributed by atoms with Gasteiger partial charge in [-0.1, -0.05) is 35.3 Å². The van der Waals surface area contributed by atoms with Crippen LogP contribution in [0.5, 0.6) is 17.2 Å². The minimum Gasteiger partial charge on any atom is -0.493 e. The Morgan fingerprint density at radius 1 is 1.11 bits per heavy atom. The largest absolute Gasteiger partial charge is 0.493 e. The number of ether oxygens (including phenoxy) is 3. The molecule has 2 amide bonds. The fourth-order valence-corrected chi connectivity index (χ4v) is 2.87. The maximum atomic E-state index is 12.5. The molecule has 0 aliphatic heterocycles. The van der Waals surface area contributed by atoms with Crippen LogP contribution in [0.15, 0.2) is 30.3 Å². The van der Waals surface area contributed by atoms with E-state index in [1.54, 1.807) is 12.1 Å². The summed E-state index contributed by atoms with van der Waals surface area (Å²) in [5, 5.41) is 3.73. The predicted molar refractivity (Wildman–Crippen MR) is 107 cm³/mol. The predicted octanol–water partition coefficient (Wildman–Crippen LogP) is 2.85. The van der Waals surface area contributed by atoms with E-state index in [2.05, 4.69) is 5.32 Å². The van der Waals surface area contributed by atoms with Crippen LogP contribution in [0.1, 0.15) is 15.9 Å². The summed E-state index contributed by atoms with van der Waals surface area (Å²) >= 11 is 12.1. The fraction of sp³-hybridized carbons (Fsp3) is 0.263. The van der Waals surface area contributed by atoms with Crippen molar-refractivity contribution in [1.29, 1.82) is 0 Å². The van der Waals surface area contributed by atoms with Crippen LogP contribution in [0.4, 0.5) is 0 Å². The molecular weight excluding hydrogens is 407 g/mol. The van der Waals surface area contributed by atoms with Gasteiger partial charge in [-0.3, -0.25) is 9.59 Å². The summed E-state index contributed by atoms with van der Waals surface area (Å²) in [6.07, 6.45) is 0.513. The zero-order chi connectivity index (χ0) is 20.7. The second kappa shape index (κ2) is 10.1. The molecule has 0 fully saturated rings. The summed E-state index contributed by atoms with van der Waals surface area (Å²) in [7, 11) is 2.82. The van der Waals surface area contributed by atoms with Crippen molar-refractivity contribution < 1.29 is 23.8 Å². The second-order valence-corrected chi connectivity index (χ2v) is 6.47. The Morgan fingerprint density at radius 3 is 2.32 bits per heavy atom. The molecule has 3 N–H and O–H groups in total. The van der Waals surface area contributed by atoms with Crippen molar-refractivity contribution >= 4 is 35.0 Å². The highest BCUT2D eigenvalue weighted by atomic mass is 35.5. The number of methoxy groups -OCH3 is 2. The highest BCUT2D eigenvalue weighted by molar-refractivity contribution is 6.42. The van der Waals surface area contributed by atoms with E-state index in [0.717, 1.165) is 5.56 Å². The molecule has 0 radical (unpaired) electrons. The first-order valence-corrected chi connectivity index (χ1v) is 9.01. The third-order valence-electron chi connectivity index (χ3n) is 3.79. The van der Waals surface area contributed by atoms with Gasteiger partial charge in [0.1, 0.15) is 0 Å². The van der Waals surface area contributed by atoms with E-state index >= 15 is 0 Å². The average Bonchev–Trinajstić information content (AvgIpc) is 2.68. The minimum atomic E-state index is -0.648. The number of nitrogens with two attached hydrogens (primary N) is 1. The Bertz CT molecular complexity index is 848. The highest BCUT2D eigenvalue weighted by Gasteiger charge is 2.18. The number of primary amides is 1. The Kier molecular flexibility index (Phi) is 7.78. The molecule has 150 valence electrons. The first-order valence-electron chi connectivity index (χ1n) is 8.25. The molecule has 2 rings (SSSR count). The lowest BCUT2D eigenvalue weighted by atomic mass is 10.1. The third kappa shape index (κ3) is 5.43. The number of nitrogens with one attached hydrogen (secondary N) is 1. The number of hydrogen-bond acceptors (Lipinski definition) is 5. The van der Waals surface area contributed by atoms with Crippen LogP contribution < -0.4 is 25.3 Å². The van der Waals surface area contributed by atoms with Crippen LogP contribution in [0.3, 0.4) is 0 Å². The number of carbonyl (C=O) groups is 2. The van der Waals surface area contributed by atoms with Crippen molar-refractivity contribution in [2.24, 2.45) is 5.73 Å². The lowest BCUT2D eigenvalue weighted by molar-refractivity contribution is -0.120. The standard InChI is InChI=1S/C19H20Cl2N2O5/c1-26-14-8-12(9-15(27-2)18(14)28-10-16(22)24)19(25)23-7-6-11-4-3-5-13(20)17(11)21/h3-5,8-9H,6-7,10H2,1-2H3,(H2,22,24)(H,23,25). The van der Waals surface area contributed by atoms with Gasteiger partial charge < -0.3 is 25.3 Å². The molecule has 0 saturated heterocycles. The van der Waals surface area contributed by atoms with Gasteiger partial charge in [0.2, 0.25) is 5.75 Å². The van der Waals surface area contributed by atoms with Gasteiger partial charge in [-0.2, -0.15) is 0 Å².